The highest BCUT2D eigenvalue weighted by Gasteiger charge is 2.08. The lowest BCUT2D eigenvalue weighted by Gasteiger charge is -2.14. The number of rotatable bonds is 4. The maximum atomic E-state index is 9.38. The van der Waals surface area contributed by atoms with Gasteiger partial charge >= 0.3 is 0 Å². The van der Waals surface area contributed by atoms with Gasteiger partial charge in [-0.1, -0.05) is 38.1 Å². The van der Waals surface area contributed by atoms with Gasteiger partial charge in [-0.3, -0.25) is 0 Å². The highest BCUT2D eigenvalue weighted by atomic mass is 16.3. The van der Waals surface area contributed by atoms with Crippen molar-refractivity contribution in [3.63, 3.8) is 0 Å². The van der Waals surface area contributed by atoms with Gasteiger partial charge < -0.3 is 5.11 Å². The van der Waals surface area contributed by atoms with Gasteiger partial charge in [0.1, 0.15) is 0 Å². The Morgan fingerprint density at radius 1 is 1.07 bits per heavy atom. The molecule has 14 heavy (non-hydrogen) atoms. The van der Waals surface area contributed by atoms with Gasteiger partial charge in [-0.15, -0.1) is 0 Å². The first-order valence-corrected chi connectivity index (χ1v) is 5.39. The van der Waals surface area contributed by atoms with Crippen molar-refractivity contribution in [1.29, 1.82) is 0 Å². The molecule has 1 heteroatoms. The zero-order valence-electron chi connectivity index (χ0n) is 9.33. The predicted molar refractivity (Wildman–Crippen MR) is 60.4 cm³/mol. The minimum absolute atomic E-state index is 0.221. The molecule has 2 atom stereocenters. The van der Waals surface area contributed by atoms with Gasteiger partial charge in [-0.25, -0.2) is 0 Å². The van der Waals surface area contributed by atoms with Crippen LogP contribution in [0.1, 0.15) is 31.9 Å². The molecule has 0 fully saturated rings. The second kappa shape index (κ2) is 5.16. The number of aliphatic hydroxyl groups excluding tert-OH is 1. The number of hydrogen-bond donors (Lipinski definition) is 1. The van der Waals surface area contributed by atoms with Crippen LogP contribution in [0.4, 0.5) is 0 Å². The molecule has 0 heterocycles. The lowest BCUT2D eigenvalue weighted by molar-refractivity contribution is 0.135. The van der Waals surface area contributed by atoms with Crippen LogP contribution in [0.2, 0.25) is 0 Å². The van der Waals surface area contributed by atoms with Crippen LogP contribution in [0, 0.1) is 5.92 Å². The molecule has 0 saturated carbocycles. The highest BCUT2D eigenvalue weighted by molar-refractivity contribution is 5.22. The molecule has 0 amide bonds. The molecule has 1 aromatic carbocycles. The van der Waals surface area contributed by atoms with Crippen LogP contribution in [0.25, 0.3) is 0 Å². The number of aryl methyl sites for hydroxylation is 1. The van der Waals surface area contributed by atoms with E-state index in [4.69, 9.17) is 0 Å². The van der Waals surface area contributed by atoms with Gasteiger partial charge in [0.2, 0.25) is 0 Å². The van der Waals surface area contributed by atoms with Crippen molar-refractivity contribution in [2.24, 2.45) is 5.92 Å². The Hall–Kier alpha value is -0.820. The molecule has 0 aliphatic heterocycles. The molecule has 1 aromatic rings. The van der Waals surface area contributed by atoms with Crippen molar-refractivity contribution in [3.05, 3.63) is 35.4 Å². The van der Waals surface area contributed by atoms with Crippen LogP contribution in [0.5, 0.6) is 0 Å². The average molecular weight is 192 g/mol. The van der Waals surface area contributed by atoms with Crippen molar-refractivity contribution in [2.75, 3.05) is 0 Å². The summed E-state index contributed by atoms with van der Waals surface area (Å²) in [6, 6.07) is 8.67. The van der Waals surface area contributed by atoms with E-state index in [-0.39, 0.29) is 6.10 Å². The largest absolute Gasteiger partial charge is 0.393 e. The minimum Gasteiger partial charge on any atom is -0.393 e. The van der Waals surface area contributed by atoms with Crippen LogP contribution in [0.3, 0.4) is 0 Å². The summed E-state index contributed by atoms with van der Waals surface area (Å²) in [6.45, 7) is 6.09. The molecule has 1 N–H and O–H groups in total. The molecule has 1 rings (SSSR count). The van der Waals surface area contributed by atoms with E-state index in [1.807, 2.05) is 6.92 Å². The van der Waals surface area contributed by atoms with E-state index in [1.54, 1.807) is 0 Å². The second-order valence-corrected chi connectivity index (χ2v) is 4.09. The zero-order chi connectivity index (χ0) is 10.6. The zero-order valence-corrected chi connectivity index (χ0v) is 9.33. The summed E-state index contributed by atoms with van der Waals surface area (Å²) in [5.41, 5.74) is 2.69. The van der Waals surface area contributed by atoms with E-state index >= 15 is 0 Å². The van der Waals surface area contributed by atoms with Crippen LogP contribution < -0.4 is 0 Å². The summed E-state index contributed by atoms with van der Waals surface area (Å²) >= 11 is 0. The van der Waals surface area contributed by atoms with Gasteiger partial charge in [0.25, 0.3) is 0 Å². The topological polar surface area (TPSA) is 20.2 Å². The van der Waals surface area contributed by atoms with Gasteiger partial charge in [0.15, 0.2) is 0 Å². The fourth-order valence-corrected chi connectivity index (χ4v) is 1.45. The van der Waals surface area contributed by atoms with Crippen LogP contribution in [-0.2, 0) is 12.8 Å². The van der Waals surface area contributed by atoms with E-state index in [9.17, 15) is 5.11 Å². The van der Waals surface area contributed by atoms with Crippen molar-refractivity contribution < 1.29 is 5.11 Å². The average Bonchev–Trinajstić information content (AvgIpc) is 2.19. The first-order valence-electron chi connectivity index (χ1n) is 5.39. The summed E-state index contributed by atoms with van der Waals surface area (Å²) in [5, 5.41) is 9.38. The van der Waals surface area contributed by atoms with Gasteiger partial charge in [-0.05, 0) is 36.8 Å². The standard InChI is InChI=1S/C13H20O/c1-4-12-5-7-13(8-6-12)9-10(2)11(3)14/h5-8,10-11,14H,4,9H2,1-3H3. The fraction of sp³-hybridized carbons (Fsp3) is 0.538. The molecule has 0 bridgehead atoms. The van der Waals surface area contributed by atoms with Crippen LogP contribution >= 0.6 is 0 Å². The Morgan fingerprint density at radius 3 is 2.00 bits per heavy atom. The number of hydrogen-bond acceptors (Lipinski definition) is 1. The van der Waals surface area contributed by atoms with Gasteiger partial charge in [0, 0.05) is 0 Å². The molecule has 2 unspecified atom stereocenters. The summed E-state index contributed by atoms with van der Waals surface area (Å²) in [4.78, 5) is 0. The molecule has 0 aromatic heterocycles. The summed E-state index contributed by atoms with van der Waals surface area (Å²) < 4.78 is 0. The summed E-state index contributed by atoms with van der Waals surface area (Å²) in [5.74, 6) is 0.336. The van der Waals surface area contributed by atoms with Crippen molar-refractivity contribution in [2.45, 2.75) is 39.7 Å². The molecule has 1 nitrogen and oxygen atoms in total. The third kappa shape index (κ3) is 3.15. The monoisotopic (exact) mass is 192 g/mol. The molecule has 0 saturated heterocycles. The Morgan fingerprint density at radius 2 is 1.57 bits per heavy atom. The van der Waals surface area contributed by atoms with E-state index in [0.29, 0.717) is 5.92 Å². The normalized spacial score (nSPS) is 15.1. The second-order valence-electron chi connectivity index (χ2n) is 4.09. The van der Waals surface area contributed by atoms with Gasteiger partial charge in [0.05, 0.1) is 6.10 Å². The Balaban J connectivity index is 2.59. The lowest BCUT2D eigenvalue weighted by atomic mass is 9.96. The first-order chi connectivity index (χ1) is 6.63. The Labute approximate surface area is 86.8 Å². The van der Waals surface area contributed by atoms with Crippen molar-refractivity contribution >= 4 is 0 Å². The van der Waals surface area contributed by atoms with Crippen LogP contribution in [0.15, 0.2) is 24.3 Å². The van der Waals surface area contributed by atoms with Crippen molar-refractivity contribution in [1.82, 2.24) is 0 Å². The van der Waals surface area contributed by atoms with E-state index in [1.165, 1.54) is 11.1 Å². The molecular formula is C13H20O. The number of benzene rings is 1. The maximum Gasteiger partial charge on any atom is 0.0540 e. The molecule has 0 radical (unpaired) electrons. The highest BCUT2D eigenvalue weighted by Crippen LogP contribution is 2.13. The maximum absolute atomic E-state index is 9.38. The Bertz CT molecular complexity index is 261. The van der Waals surface area contributed by atoms with E-state index in [0.717, 1.165) is 12.8 Å². The fourth-order valence-electron chi connectivity index (χ4n) is 1.45. The van der Waals surface area contributed by atoms with E-state index in [2.05, 4.69) is 38.1 Å². The molecule has 78 valence electrons. The third-order valence-corrected chi connectivity index (χ3v) is 2.81. The molecule has 0 aliphatic carbocycles. The number of aliphatic hydroxyl groups is 1. The SMILES string of the molecule is CCc1ccc(CC(C)C(C)O)cc1. The molecular weight excluding hydrogens is 172 g/mol. The lowest BCUT2D eigenvalue weighted by Crippen LogP contribution is -2.15. The van der Waals surface area contributed by atoms with Gasteiger partial charge in [-0.2, -0.15) is 0 Å². The minimum atomic E-state index is -0.221. The Kier molecular flexibility index (Phi) is 4.15. The van der Waals surface area contributed by atoms with Crippen LogP contribution in [-0.4, -0.2) is 11.2 Å². The predicted octanol–water partition coefficient (Wildman–Crippen LogP) is 2.81. The smallest absolute Gasteiger partial charge is 0.0540 e. The van der Waals surface area contributed by atoms with Crippen molar-refractivity contribution in [3.8, 4) is 0 Å². The van der Waals surface area contributed by atoms with E-state index < -0.39 is 0 Å². The summed E-state index contributed by atoms with van der Waals surface area (Å²) in [6.07, 6.45) is 1.83. The quantitative estimate of drug-likeness (QED) is 0.777. The third-order valence-electron chi connectivity index (χ3n) is 2.81. The molecule has 0 aliphatic rings. The molecule has 0 spiro atoms. The summed E-state index contributed by atoms with van der Waals surface area (Å²) in [7, 11) is 0. The first kappa shape index (κ1) is 11.3.